The van der Waals surface area contributed by atoms with E-state index in [0.717, 1.165) is 16.7 Å². The van der Waals surface area contributed by atoms with E-state index in [1.54, 1.807) is 6.20 Å². The van der Waals surface area contributed by atoms with Crippen LogP contribution in [0.15, 0.2) is 10.7 Å². The van der Waals surface area contributed by atoms with E-state index in [2.05, 4.69) is 25.9 Å². The van der Waals surface area contributed by atoms with E-state index in [4.69, 9.17) is 4.84 Å². The van der Waals surface area contributed by atoms with E-state index in [1.165, 1.54) is 4.90 Å². The van der Waals surface area contributed by atoms with Crippen molar-refractivity contribution in [2.75, 3.05) is 26.2 Å². The molecule has 0 atom stereocenters. The van der Waals surface area contributed by atoms with Crippen molar-refractivity contribution >= 4 is 33.8 Å². The second-order valence-corrected chi connectivity index (χ2v) is 6.62. The number of aromatic nitrogens is 2. The van der Waals surface area contributed by atoms with Crippen molar-refractivity contribution in [2.24, 2.45) is 7.05 Å². The number of hydrogen-bond donors (Lipinski definition) is 0. The zero-order chi connectivity index (χ0) is 17.3. The molecule has 0 spiro atoms. The molecule has 0 aromatic carbocycles. The first-order valence-corrected chi connectivity index (χ1v) is 8.46. The van der Waals surface area contributed by atoms with Crippen molar-refractivity contribution in [1.29, 1.82) is 0 Å². The van der Waals surface area contributed by atoms with Crippen LogP contribution < -0.4 is 0 Å². The van der Waals surface area contributed by atoms with Crippen LogP contribution >= 0.6 is 15.9 Å². The lowest BCUT2D eigenvalue weighted by Gasteiger charge is -2.34. The second-order valence-electron chi connectivity index (χ2n) is 5.77. The van der Waals surface area contributed by atoms with E-state index in [-0.39, 0.29) is 12.8 Å². The molecule has 2 saturated heterocycles. The summed E-state index contributed by atoms with van der Waals surface area (Å²) in [6.45, 7) is 3.03. The first-order chi connectivity index (χ1) is 11.5. The molecule has 3 rings (SSSR count). The summed E-state index contributed by atoms with van der Waals surface area (Å²) in [5.41, 5.74) is 1.07. The van der Waals surface area contributed by atoms with Gasteiger partial charge < -0.3 is 9.74 Å². The van der Waals surface area contributed by atoms with Crippen LogP contribution in [0, 0.1) is 0 Å². The fourth-order valence-electron chi connectivity index (χ4n) is 2.71. The van der Waals surface area contributed by atoms with Gasteiger partial charge in [-0.25, -0.2) is 4.79 Å². The first kappa shape index (κ1) is 16.9. The lowest BCUT2D eigenvalue weighted by Crippen LogP contribution is -2.50. The normalized spacial score (nSPS) is 19.2. The molecule has 3 heterocycles. The molecule has 2 aliphatic rings. The summed E-state index contributed by atoms with van der Waals surface area (Å²) in [6, 6.07) is 0. The summed E-state index contributed by atoms with van der Waals surface area (Å²) in [6.07, 6.45) is 1.30. The van der Waals surface area contributed by atoms with Gasteiger partial charge in [-0.3, -0.25) is 19.2 Å². The number of hydroxylamine groups is 2. The summed E-state index contributed by atoms with van der Waals surface area (Å²) in [7, 11) is 1.89. The highest BCUT2D eigenvalue weighted by Gasteiger charge is 2.34. The molecule has 0 N–H and O–H groups in total. The number of nitrogens with zero attached hydrogens (tertiary/aromatic N) is 5. The van der Waals surface area contributed by atoms with Crippen LogP contribution in [0.1, 0.15) is 18.5 Å². The number of carbonyl (C=O) groups is 3. The number of aryl methyl sites for hydroxylation is 1. The smallest absolute Gasteiger partial charge is 0.311 e. The van der Waals surface area contributed by atoms with Crippen LogP contribution in [-0.4, -0.2) is 68.7 Å². The molecule has 1 aromatic heterocycles. The minimum absolute atomic E-state index is 0.0967. The number of hydrogen-bond acceptors (Lipinski definition) is 6. The molecule has 1 aromatic rings. The predicted octanol–water partition coefficient (Wildman–Crippen LogP) is 0.501. The van der Waals surface area contributed by atoms with Crippen molar-refractivity contribution in [3.63, 3.8) is 0 Å². The van der Waals surface area contributed by atoms with Gasteiger partial charge in [0.25, 0.3) is 11.8 Å². The summed E-state index contributed by atoms with van der Waals surface area (Å²) in [4.78, 5) is 43.7. The van der Waals surface area contributed by atoms with Crippen LogP contribution in [-0.2, 0) is 28.0 Å². The Labute approximate surface area is 147 Å². The van der Waals surface area contributed by atoms with E-state index in [1.807, 2.05) is 11.7 Å². The second kappa shape index (κ2) is 6.89. The number of rotatable bonds is 3. The van der Waals surface area contributed by atoms with Crippen LogP contribution in [0.3, 0.4) is 0 Å². The van der Waals surface area contributed by atoms with E-state index >= 15 is 0 Å². The van der Waals surface area contributed by atoms with Crippen molar-refractivity contribution in [2.45, 2.75) is 19.4 Å². The zero-order valence-electron chi connectivity index (χ0n) is 13.3. The summed E-state index contributed by atoms with van der Waals surface area (Å²) in [5.74, 6) is -0.930. The highest BCUT2D eigenvalue weighted by Crippen LogP contribution is 2.18. The molecule has 24 heavy (non-hydrogen) atoms. The Kier molecular flexibility index (Phi) is 4.86. The van der Waals surface area contributed by atoms with Gasteiger partial charge in [-0.15, -0.1) is 5.06 Å². The lowest BCUT2D eigenvalue weighted by molar-refractivity contribution is -0.174. The topological polar surface area (TPSA) is 88.0 Å². The number of imide groups is 1. The number of halogens is 1. The molecule has 2 aliphatic heterocycles. The maximum atomic E-state index is 12.1. The van der Waals surface area contributed by atoms with Crippen LogP contribution in [0.2, 0.25) is 0 Å². The Balaban J connectivity index is 1.50. The summed E-state index contributed by atoms with van der Waals surface area (Å²) in [5, 5.41) is 4.77. The molecule has 0 aliphatic carbocycles. The Morgan fingerprint density at radius 1 is 1.21 bits per heavy atom. The van der Waals surface area contributed by atoms with Crippen LogP contribution in [0.25, 0.3) is 0 Å². The third-order valence-corrected chi connectivity index (χ3v) is 4.85. The quantitative estimate of drug-likeness (QED) is 0.687. The van der Waals surface area contributed by atoms with E-state index < -0.39 is 17.9 Å². The van der Waals surface area contributed by atoms with Crippen LogP contribution in [0.5, 0.6) is 0 Å². The lowest BCUT2D eigenvalue weighted by atomic mass is 10.3. The molecule has 130 valence electrons. The van der Waals surface area contributed by atoms with Gasteiger partial charge in [-0.05, 0) is 15.9 Å². The van der Waals surface area contributed by atoms with Crippen LogP contribution in [0.4, 0.5) is 4.79 Å². The van der Waals surface area contributed by atoms with Gasteiger partial charge >= 0.3 is 6.09 Å². The largest absolute Gasteiger partial charge is 0.434 e. The van der Waals surface area contributed by atoms with Crippen molar-refractivity contribution < 1.29 is 19.2 Å². The van der Waals surface area contributed by atoms with Crippen molar-refractivity contribution in [1.82, 2.24) is 24.6 Å². The Hall–Kier alpha value is -1.94. The van der Waals surface area contributed by atoms with Gasteiger partial charge in [-0.1, -0.05) is 0 Å². The molecule has 0 saturated carbocycles. The predicted molar refractivity (Wildman–Crippen MR) is 85.3 cm³/mol. The minimum atomic E-state index is -0.653. The van der Waals surface area contributed by atoms with Gasteiger partial charge in [0.2, 0.25) is 0 Å². The number of piperazine rings is 1. The molecule has 10 heteroatoms. The van der Waals surface area contributed by atoms with Gasteiger partial charge in [0.05, 0.1) is 16.4 Å². The Morgan fingerprint density at radius 3 is 2.38 bits per heavy atom. The third-order valence-electron chi connectivity index (χ3n) is 4.19. The number of amides is 3. The molecular formula is C14H18BrN5O4. The standard InChI is InChI=1S/C14H18BrN5O4/c1-17-11(10(15)8-16-17)9-18-4-6-19(7-5-18)14(23)24-20-12(21)2-3-13(20)22/h8H,2-7,9H2,1H3. The Morgan fingerprint density at radius 2 is 1.83 bits per heavy atom. The first-order valence-electron chi connectivity index (χ1n) is 7.67. The van der Waals surface area contributed by atoms with Gasteiger partial charge in [0.1, 0.15) is 0 Å². The maximum absolute atomic E-state index is 12.1. The molecule has 3 amide bonds. The fourth-order valence-corrected chi connectivity index (χ4v) is 3.18. The highest BCUT2D eigenvalue weighted by molar-refractivity contribution is 9.10. The highest BCUT2D eigenvalue weighted by atomic mass is 79.9. The Bertz CT molecular complexity index is 633. The molecule has 9 nitrogen and oxygen atoms in total. The third kappa shape index (κ3) is 3.44. The average Bonchev–Trinajstić information content (AvgIpc) is 3.05. The molecule has 2 fully saturated rings. The van der Waals surface area contributed by atoms with Crippen molar-refractivity contribution in [3.05, 3.63) is 16.4 Å². The number of carbonyl (C=O) groups excluding carboxylic acids is 3. The molecule has 0 radical (unpaired) electrons. The molecule has 0 bridgehead atoms. The molecule has 0 unspecified atom stereocenters. The maximum Gasteiger partial charge on any atom is 0.434 e. The monoisotopic (exact) mass is 399 g/mol. The summed E-state index contributed by atoms with van der Waals surface area (Å²) >= 11 is 3.48. The van der Waals surface area contributed by atoms with Gasteiger partial charge in [0.15, 0.2) is 0 Å². The van der Waals surface area contributed by atoms with Gasteiger partial charge in [0, 0.05) is 52.6 Å². The summed E-state index contributed by atoms with van der Waals surface area (Å²) < 4.78 is 2.77. The van der Waals surface area contributed by atoms with E-state index in [0.29, 0.717) is 31.2 Å². The molecular weight excluding hydrogens is 382 g/mol. The fraction of sp³-hybridized carbons (Fsp3) is 0.571. The SMILES string of the molecule is Cn1ncc(Br)c1CN1CCN(C(=O)ON2C(=O)CCC2=O)CC1. The zero-order valence-corrected chi connectivity index (χ0v) is 14.9. The van der Waals surface area contributed by atoms with Crippen molar-refractivity contribution in [3.8, 4) is 0 Å². The van der Waals surface area contributed by atoms with E-state index in [9.17, 15) is 14.4 Å². The van der Waals surface area contributed by atoms with Gasteiger partial charge in [-0.2, -0.15) is 5.10 Å². The average molecular weight is 400 g/mol. The minimum Gasteiger partial charge on any atom is -0.311 e.